The number of ether oxygens (including phenoxy) is 2. The molecule has 0 spiro atoms. The van der Waals surface area contributed by atoms with Crippen molar-refractivity contribution in [2.24, 2.45) is 11.0 Å². The van der Waals surface area contributed by atoms with Crippen LogP contribution in [0.2, 0.25) is 0 Å². The molecule has 4 rings (SSSR count). The van der Waals surface area contributed by atoms with Gasteiger partial charge in [0.25, 0.3) is 0 Å². The second kappa shape index (κ2) is 8.87. The van der Waals surface area contributed by atoms with Crippen molar-refractivity contribution in [1.82, 2.24) is 5.43 Å². The molecular weight excluding hydrogens is 400 g/mol. The van der Waals surface area contributed by atoms with E-state index in [1.54, 1.807) is 20.4 Å². The average Bonchev–Trinajstić information content (AvgIpc) is 3.56. The third-order valence-electron chi connectivity index (χ3n) is 6.14. The molecule has 32 heavy (non-hydrogen) atoms. The van der Waals surface area contributed by atoms with E-state index in [9.17, 15) is 4.79 Å². The number of hydrazone groups is 1. The Hall–Kier alpha value is -3.60. The highest BCUT2D eigenvalue weighted by atomic mass is 16.5. The van der Waals surface area contributed by atoms with Gasteiger partial charge in [-0.1, -0.05) is 59.7 Å². The number of carbonyl (C=O) groups excluding carboxylic acids is 1. The minimum Gasteiger partial charge on any atom is -0.493 e. The number of amides is 1. The first-order valence-electron chi connectivity index (χ1n) is 10.7. The zero-order chi connectivity index (χ0) is 22.7. The molecule has 164 valence electrons. The number of nitrogens with zero attached hydrogens (tertiary/aromatic N) is 1. The Kier molecular flexibility index (Phi) is 5.99. The van der Waals surface area contributed by atoms with Gasteiger partial charge in [0.2, 0.25) is 5.91 Å². The third-order valence-corrected chi connectivity index (χ3v) is 6.14. The second-order valence-corrected chi connectivity index (χ2v) is 8.32. The van der Waals surface area contributed by atoms with E-state index in [2.05, 4.69) is 72.9 Å². The monoisotopic (exact) mass is 428 g/mol. The summed E-state index contributed by atoms with van der Waals surface area (Å²) in [5, 5.41) is 4.20. The van der Waals surface area contributed by atoms with Gasteiger partial charge in [0, 0.05) is 5.41 Å². The summed E-state index contributed by atoms with van der Waals surface area (Å²) in [7, 11) is 3.18. The van der Waals surface area contributed by atoms with Crippen molar-refractivity contribution in [2.75, 3.05) is 14.2 Å². The number of carbonyl (C=O) groups is 1. The molecule has 1 aliphatic carbocycles. The van der Waals surface area contributed by atoms with Gasteiger partial charge < -0.3 is 9.47 Å². The summed E-state index contributed by atoms with van der Waals surface area (Å²) in [4.78, 5) is 13.1. The van der Waals surface area contributed by atoms with Crippen LogP contribution < -0.4 is 14.9 Å². The predicted octanol–water partition coefficient (Wildman–Crippen LogP) is 4.78. The van der Waals surface area contributed by atoms with Gasteiger partial charge in [-0.05, 0) is 55.2 Å². The first-order valence-corrected chi connectivity index (χ1v) is 10.7. The van der Waals surface area contributed by atoms with Crippen LogP contribution in [0, 0.1) is 19.8 Å². The Balaban J connectivity index is 1.55. The van der Waals surface area contributed by atoms with E-state index in [1.807, 2.05) is 18.2 Å². The number of hydrogen-bond acceptors (Lipinski definition) is 4. The topological polar surface area (TPSA) is 59.9 Å². The standard InChI is InChI=1S/C27H28N2O3/c1-18-7-5-9-21(13-18)27(22-10-6-8-19(2)14-22)16-23(27)26(30)29-28-17-20-11-12-24(31-3)25(15-20)32-4/h5-15,17,23H,16H2,1-4H3,(H,29,30)/b28-17-/t23-/m0/s1. The van der Waals surface area contributed by atoms with E-state index in [-0.39, 0.29) is 17.2 Å². The minimum absolute atomic E-state index is 0.0789. The molecule has 1 atom stereocenters. The molecule has 0 aliphatic heterocycles. The first-order chi connectivity index (χ1) is 15.5. The third kappa shape index (κ3) is 4.11. The summed E-state index contributed by atoms with van der Waals surface area (Å²) in [6.45, 7) is 4.16. The summed E-state index contributed by atoms with van der Waals surface area (Å²) >= 11 is 0. The SMILES string of the molecule is COc1ccc(/C=N\NC(=O)[C@@H]2CC2(c2cccc(C)c2)c2cccc(C)c2)cc1OC. The maximum Gasteiger partial charge on any atom is 0.244 e. The van der Waals surface area contributed by atoms with E-state index in [0.29, 0.717) is 11.5 Å². The van der Waals surface area contributed by atoms with Crippen molar-refractivity contribution >= 4 is 12.1 Å². The highest BCUT2D eigenvalue weighted by Gasteiger charge is 2.60. The van der Waals surface area contributed by atoms with Crippen LogP contribution in [0.3, 0.4) is 0 Å². The molecule has 0 unspecified atom stereocenters. The van der Waals surface area contributed by atoms with Gasteiger partial charge in [-0.3, -0.25) is 4.79 Å². The van der Waals surface area contributed by atoms with Gasteiger partial charge in [0.05, 0.1) is 26.4 Å². The molecule has 1 saturated carbocycles. The molecule has 0 bridgehead atoms. The fourth-order valence-corrected chi connectivity index (χ4v) is 4.41. The van der Waals surface area contributed by atoms with Gasteiger partial charge in [0.15, 0.2) is 11.5 Å². The van der Waals surface area contributed by atoms with Crippen LogP contribution >= 0.6 is 0 Å². The van der Waals surface area contributed by atoms with Crippen molar-refractivity contribution in [3.05, 3.63) is 94.5 Å². The largest absolute Gasteiger partial charge is 0.493 e. The van der Waals surface area contributed by atoms with Gasteiger partial charge in [-0.25, -0.2) is 5.43 Å². The molecule has 1 aliphatic rings. The number of nitrogens with one attached hydrogen (secondary N) is 1. The molecule has 3 aromatic rings. The second-order valence-electron chi connectivity index (χ2n) is 8.32. The molecule has 1 amide bonds. The lowest BCUT2D eigenvalue weighted by Crippen LogP contribution is -2.25. The minimum atomic E-state index is -0.318. The summed E-state index contributed by atoms with van der Waals surface area (Å²) in [5.41, 5.74) is 7.95. The number of methoxy groups -OCH3 is 2. The van der Waals surface area contributed by atoms with Crippen molar-refractivity contribution in [3.8, 4) is 11.5 Å². The maximum absolute atomic E-state index is 13.1. The number of hydrogen-bond donors (Lipinski definition) is 1. The molecule has 1 N–H and O–H groups in total. The fraction of sp³-hybridized carbons (Fsp3) is 0.259. The highest BCUT2D eigenvalue weighted by molar-refractivity contribution is 5.88. The molecule has 5 nitrogen and oxygen atoms in total. The van der Waals surface area contributed by atoms with E-state index in [0.717, 1.165) is 12.0 Å². The molecular formula is C27H28N2O3. The number of aryl methyl sites for hydroxylation is 2. The van der Waals surface area contributed by atoms with Crippen molar-refractivity contribution in [3.63, 3.8) is 0 Å². The van der Waals surface area contributed by atoms with Gasteiger partial charge in [-0.2, -0.15) is 5.10 Å². The summed E-state index contributed by atoms with van der Waals surface area (Å²) in [5.74, 6) is 1.01. The summed E-state index contributed by atoms with van der Waals surface area (Å²) in [6.07, 6.45) is 2.38. The average molecular weight is 429 g/mol. The first kappa shape index (κ1) is 21.6. The van der Waals surface area contributed by atoms with E-state index >= 15 is 0 Å². The Bertz CT molecular complexity index is 1120. The quantitative estimate of drug-likeness (QED) is 0.435. The predicted molar refractivity (Wildman–Crippen MR) is 127 cm³/mol. The number of benzene rings is 3. The van der Waals surface area contributed by atoms with E-state index in [4.69, 9.17) is 9.47 Å². The van der Waals surface area contributed by atoms with Crippen LogP contribution in [0.1, 0.15) is 34.2 Å². The van der Waals surface area contributed by atoms with Crippen molar-refractivity contribution < 1.29 is 14.3 Å². The van der Waals surface area contributed by atoms with Gasteiger partial charge in [-0.15, -0.1) is 0 Å². The molecule has 1 fully saturated rings. The molecule has 0 radical (unpaired) electrons. The molecule has 0 aromatic heterocycles. The van der Waals surface area contributed by atoms with Crippen LogP contribution in [0.15, 0.2) is 71.8 Å². The molecule has 3 aromatic carbocycles. The van der Waals surface area contributed by atoms with Crippen LogP contribution in [0.25, 0.3) is 0 Å². The Morgan fingerprint density at radius 3 is 2.12 bits per heavy atom. The zero-order valence-electron chi connectivity index (χ0n) is 18.9. The van der Waals surface area contributed by atoms with Crippen LogP contribution in [-0.4, -0.2) is 26.3 Å². The van der Waals surface area contributed by atoms with Gasteiger partial charge in [0.1, 0.15) is 0 Å². The molecule has 0 saturated heterocycles. The fourth-order valence-electron chi connectivity index (χ4n) is 4.41. The smallest absolute Gasteiger partial charge is 0.244 e. The summed E-state index contributed by atoms with van der Waals surface area (Å²) < 4.78 is 10.6. The van der Waals surface area contributed by atoms with Crippen molar-refractivity contribution in [1.29, 1.82) is 0 Å². The van der Waals surface area contributed by atoms with Crippen LogP contribution in [-0.2, 0) is 10.2 Å². The Morgan fingerprint density at radius 1 is 0.938 bits per heavy atom. The van der Waals surface area contributed by atoms with Crippen LogP contribution in [0.4, 0.5) is 0 Å². The van der Waals surface area contributed by atoms with Gasteiger partial charge >= 0.3 is 0 Å². The maximum atomic E-state index is 13.1. The van der Waals surface area contributed by atoms with Crippen LogP contribution in [0.5, 0.6) is 11.5 Å². The lowest BCUT2D eigenvalue weighted by Gasteiger charge is -2.19. The Morgan fingerprint density at radius 2 is 1.56 bits per heavy atom. The molecule has 5 heteroatoms. The summed E-state index contributed by atoms with van der Waals surface area (Å²) in [6, 6.07) is 22.4. The van der Waals surface area contributed by atoms with E-state index in [1.165, 1.54) is 22.3 Å². The lowest BCUT2D eigenvalue weighted by atomic mass is 9.84. The Labute approximate surface area is 189 Å². The lowest BCUT2D eigenvalue weighted by molar-refractivity contribution is -0.122. The normalized spacial score (nSPS) is 16.6. The number of rotatable bonds is 7. The highest BCUT2D eigenvalue weighted by Crippen LogP contribution is 2.59. The zero-order valence-corrected chi connectivity index (χ0v) is 18.9. The van der Waals surface area contributed by atoms with Crippen molar-refractivity contribution in [2.45, 2.75) is 25.7 Å². The molecule has 0 heterocycles. The van der Waals surface area contributed by atoms with E-state index < -0.39 is 0 Å².